The van der Waals surface area contributed by atoms with Crippen molar-refractivity contribution in [1.29, 1.82) is 0 Å². The molecule has 130 valence electrons. The summed E-state index contributed by atoms with van der Waals surface area (Å²) in [4.78, 5) is 32.8. The molecule has 0 aliphatic carbocycles. The summed E-state index contributed by atoms with van der Waals surface area (Å²) in [6, 6.07) is 9.82. The standard InChI is InChI=1S/C17H19N5O3/c1-3-25-14(23)9-13-11(2)19-17-20-16(21-22(17)15(13)24)18-10-12-7-5-4-6-8-12/h4-8H,3,9-10H2,1-2H3,(H2,18,19,20,21). The predicted octanol–water partition coefficient (Wildman–Crippen LogP) is 1.44. The number of ether oxygens (including phenoxy) is 1. The summed E-state index contributed by atoms with van der Waals surface area (Å²) in [6.07, 6.45) is -0.111. The number of hydrogen-bond acceptors (Lipinski definition) is 6. The maximum Gasteiger partial charge on any atom is 0.310 e. The van der Waals surface area contributed by atoms with Gasteiger partial charge in [0.2, 0.25) is 5.95 Å². The van der Waals surface area contributed by atoms with Gasteiger partial charge in [0.05, 0.1) is 24.3 Å². The van der Waals surface area contributed by atoms with Gasteiger partial charge in [-0.1, -0.05) is 30.3 Å². The number of H-pyrrole nitrogens is 1. The number of aromatic nitrogens is 4. The second-order valence-corrected chi connectivity index (χ2v) is 5.51. The number of carbonyl (C=O) groups excluding carboxylic acids is 1. The van der Waals surface area contributed by atoms with Gasteiger partial charge in [-0.25, -0.2) is 4.98 Å². The number of hydrogen-bond donors (Lipinski definition) is 2. The van der Waals surface area contributed by atoms with E-state index < -0.39 is 5.97 Å². The number of carbonyl (C=O) groups is 1. The topological polar surface area (TPSA) is 101 Å². The first-order valence-corrected chi connectivity index (χ1v) is 8.00. The van der Waals surface area contributed by atoms with Gasteiger partial charge in [-0.05, 0) is 19.4 Å². The van der Waals surface area contributed by atoms with Gasteiger partial charge in [-0.2, -0.15) is 9.50 Å². The second kappa shape index (κ2) is 7.16. The number of nitrogens with one attached hydrogen (secondary N) is 2. The fraction of sp³-hybridized carbons (Fsp3) is 0.294. The largest absolute Gasteiger partial charge is 0.466 e. The number of aryl methyl sites for hydroxylation is 1. The third-order valence-corrected chi connectivity index (χ3v) is 3.72. The first kappa shape index (κ1) is 16.7. The van der Waals surface area contributed by atoms with E-state index in [9.17, 15) is 9.59 Å². The lowest BCUT2D eigenvalue weighted by Crippen LogP contribution is -2.25. The van der Waals surface area contributed by atoms with Crippen LogP contribution in [0.1, 0.15) is 23.7 Å². The molecule has 0 aliphatic rings. The molecule has 1 aromatic carbocycles. The molecule has 8 heteroatoms. The minimum Gasteiger partial charge on any atom is -0.466 e. The Morgan fingerprint density at radius 2 is 2.04 bits per heavy atom. The summed E-state index contributed by atoms with van der Waals surface area (Å²) in [7, 11) is 0. The molecule has 0 amide bonds. The van der Waals surface area contributed by atoms with E-state index in [2.05, 4.69) is 20.4 Å². The molecule has 0 spiro atoms. The first-order valence-electron chi connectivity index (χ1n) is 8.00. The van der Waals surface area contributed by atoms with Crippen LogP contribution in [0.5, 0.6) is 0 Å². The summed E-state index contributed by atoms with van der Waals surface area (Å²) >= 11 is 0. The molecule has 3 rings (SSSR count). The van der Waals surface area contributed by atoms with Gasteiger partial charge >= 0.3 is 5.97 Å². The lowest BCUT2D eigenvalue weighted by atomic mass is 10.2. The van der Waals surface area contributed by atoms with E-state index in [1.54, 1.807) is 13.8 Å². The van der Waals surface area contributed by atoms with Crippen molar-refractivity contribution >= 4 is 17.7 Å². The van der Waals surface area contributed by atoms with Gasteiger partial charge in [0.1, 0.15) is 0 Å². The minimum atomic E-state index is -0.452. The van der Waals surface area contributed by atoms with Gasteiger partial charge in [-0.15, -0.1) is 0 Å². The van der Waals surface area contributed by atoms with E-state index in [0.29, 0.717) is 23.8 Å². The average molecular weight is 341 g/mol. The number of rotatable bonds is 6. The number of benzene rings is 1. The van der Waals surface area contributed by atoms with Gasteiger partial charge in [-0.3, -0.25) is 14.7 Å². The fourth-order valence-electron chi connectivity index (χ4n) is 2.48. The van der Waals surface area contributed by atoms with Crippen LogP contribution in [-0.2, 0) is 22.5 Å². The van der Waals surface area contributed by atoms with Crippen molar-refractivity contribution in [1.82, 2.24) is 19.6 Å². The Morgan fingerprint density at radius 3 is 2.76 bits per heavy atom. The van der Waals surface area contributed by atoms with Crippen molar-refractivity contribution in [2.24, 2.45) is 0 Å². The van der Waals surface area contributed by atoms with E-state index in [1.807, 2.05) is 30.3 Å². The van der Waals surface area contributed by atoms with E-state index in [4.69, 9.17) is 4.74 Å². The van der Waals surface area contributed by atoms with Crippen LogP contribution in [-0.4, -0.2) is 32.2 Å². The van der Waals surface area contributed by atoms with Crippen LogP contribution in [0.4, 0.5) is 5.95 Å². The highest BCUT2D eigenvalue weighted by molar-refractivity contribution is 5.72. The number of nitrogens with zero attached hydrogens (tertiary/aromatic N) is 3. The van der Waals surface area contributed by atoms with Crippen LogP contribution in [0.3, 0.4) is 0 Å². The molecular weight excluding hydrogens is 322 g/mol. The number of aromatic amines is 1. The Bertz CT molecular complexity index is 946. The van der Waals surface area contributed by atoms with Crippen LogP contribution in [0.15, 0.2) is 35.1 Å². The highest BCUT2D eigenvalue weighted by Crippen LogP contribution is 2.08. The maximum atomic E-state index is 12.6. The molecule has 2 aromatic heterocycles. The maximum absolute atomic E-state index is 12.6. The molecule has 2 N–H and O–H groups in total. The molecule has 0 saturated heterocycles. The SMILES string of the molecule is CCOC(=O)Cc1c(C)nc2nc(NCc3ccccc3)[nH]n2c1=O. The van der Waals surface area contributed by atoms with Gasteiger partial charge in [0.15, 0.2) is 0 Å². The van der Waals surface area contributed by atoms with Crippen molar-refractivity contribution < 1.29 is 9.53 Å². The predicted molar refractivity (Wildman–Crippen MR) is 92.5 cm³/mol. The zero-order valence-electron chi connectivity index (χ0n) is 14.1. The normalized spacial score (nSPS) is 10.8. The van der Waals surface area contributed by atoms with Crippen molar-refractivity contribution in [3.63, 3.8) is 0 Å². The lowest BCUT2D eigenvalue weighted by Gasteiger charge is -2.04. The second-order valence-electron chi connectivity index (χ2n) is 5.51. The number of fused-ring (bicyclic) bond motifs is 1. The molecule has 0 bridgehead atoms. The lowest BCUT2D eigenvalue weighted by molar-refractivity contribution is -0.142. The van der Waals surface area contributed by atoms with Crippen molar-refractivity contribution in [3.8, 4) is 0 Å². The van der Waals surface area contributed by atoms with Crippen molar-refractivity contribution in [2.75, 3.05) is 11.9 Å². The summed E-state index contributed by atoms with van der Waals surface area (Å²) in [6.45, 7) is 4.23. The van der Waals surface area contributed by atoms with Crippen LogP contribution < -0.4 is 10.9 Å². The van der Waals surface area contributed by atoms with Crippen molar-refractivity contribution in [2.45, 2.75) is 26.8 Å². The zero-order valence-corrected chi connectivity index (χ0v) is 14.1. The summed E-state index contributed by atoms with van der Waals surface area (Å²) < 4.78 is 6.14. The summed E-state index contributed by atoms with van der Waals surface area (Å²) in [5.41, 5.74) is 1.51. The van der Waals surface area contributed by atoms with Gasteiger partial charge in [0.25, 0.3) is 11.3 Å². The Hall–Kier alpha value is -3.16. The molecule has 0 radical (unpaired) electrons. The average Bonchev–Trinajstić information content (AvgIpc) is 3.01. The first-order chi connectivity index (χ1) is 12.1. The molecule has 0 atom stereocenters. The third kappa shape index (κ3) is 3.68. The monoisotopic (exact) mass is 341 g/mol. The molecular formula is C17H19N5O3. The number of anilines is 1. The molecule has 25 heavy (non-hydrogen) atoms. The van der Waals surface area contributed by atoms with Crippen LogP contribution in [0, 0.1) is 6.92 Å². The molecule has 0 saturated carbocycles. The molecule has 2 heterocycles. The van der Waals surface area contributed by atoms with Crippen LogP contribution in [0.25, 0.3) is 5.78 Å². The van der Waals surface area contributed by atoms with Gasteiger partial charge in [0, 0.05) is 6.54 Å². The quantitative estimate of drug-likeness (QED) is 0.658. The molecule has 3 aromatic rings. The van der Waals surface area contributed by atoms with E-state index in [0.717, 1.165) is 5.56 Å². The minimum absolute atomic E-state index is 0.111. The van der Waals surface area contributed by atoms with Crippen LogP contribution in [0.2, 0.25) is 0 Å². The molecule has 0 unspecified atom stereocenters. The Balaban J connectivity index is 1.86. The Labute approximate surface area is 143 Å². The molecule has 0 fully saturated rings. The summed E-state index contributed by atoms with van der Waals surface area (Å²) in [5, 5.41) is 5.99. The number of esters is 1. The fourth-order valence-corrected chi connectivity index (χ4v) is 2.48. The van der Waals surface area contributed by atoms with E-state index in [1.165, 1.54) is 4.52 Å². The Kier molecular flexibility index (Phi) is 4.78. The molecule has 0 aliphatic heterocycles. The zero-order chi connectivity index (χ0) is 17.8. The van der Waals surface area contributed by atoms with E-state index in [-0.39, 0.29) is 24.4 Å². The highest BCUT2D eigenvalue weighted by Gasteiger charge is 2.16. The summed E-state index contributed by atoms with van der Waals surface area (Å²) in [5.74, 6) is 0.234. The van der Waals surface area contributed by atoms with Crippen molar-refractivity contribution in [3.05, 3.63) is 57.5 Å². The Morgan fingerprint density at radius 1 is 1.28 bits per heavy atom. The van der Waals surface area contributed by atoms with E-state index >= 15 is 0 Å². The smallest absolute Gasteiger partial charge is 0.310 e. The highest BCUT2D eigenvalue weighted by atomic mass is 16.5. The van der Waals surface area contributed by atoms with Gasteiger partial charge < -0.3 is 10.1 Å². The third-order valence-electron chi connectivity index (χ3n) is 3.72. The molecule has 8 nitrogen and oxygen atoms in total. The van der Waals surface area contributed by atoms with Crippen LogP contribution >= 0.6 is 0 Å².